The maximum absolute atomic E-state index is 12.7. The third-order valence-corrected chi connectivity index (χ3v) is 7.10. The van der Waals surface area contributed by atoms with Crippen molar-refractivity contribution >= 4 is 15.9 Å². The second-order valence-electron chi connectivity index (χ2n) is 6.86. The van der Waals surface area contributed by atoms with E-state index in [1.54, 1.807) is 30.9 Å². The van der Waals surface area contributed by atoms with E-state index >= 15 is 0 Å². The molecule has 4 heterocycles. The fraction of sp³-hybridized carbons (Fsp3) is 0.562. The molecular formula is C16H20N4O5S. The highest BCUT2D eigenvalue weighted by atomic mass is 32.2. The summed E-state index contributed by atoms with van der Waals surface area (Å²) in [6.07, 6.45) is 1.46. The molecule has 0 saturated carbocycles. The average Bonchev–Trinajstić information content (AvgIpc) is 3.36. The van der Waals surface area contributed by atoms with E-state index in [0.717, 1.165) is 0 Å². The molecule has 2 saturated heterocycles. The van der Waals surface area contributed by atoms with Crippen LogP contribution in [0.1, 0.15) is 29.2 Å². The van der Waals surface area contributed by atoms with Gasteiger partial charge in [-0.2, -0.15) is 4.98 Å². The normalized spacial score (nSPS) is 26.4. The first-order chi connectivity index (χ1) is 12.4. The Labute approximate surface area is 151 Å². The van der Waals surface area contributed by atoms with E-state index in [-0.39, 0.29) is 29.9 Å². The van der Waals surface area contributed by atoms with Crippen LogP contribution in [0.4, 0.5) is 0 Å². The molecule has 2 aromatic heterocycles. The Morgan fingerprint density at radius 1 is 1.38 bits per heavy atom. The van der Waals surface area contributed by atoms with Crippen molar-refractivity contribution in [1.29, 1.82) is 0 Å². The van der Waals surface area contributed by atoms with Crippen molar-refractivity contribution in [3.8, 4) is 0 Å². The molecule has 0 spiro atoms. The van der Waals surface area contributed by atoms with E-state index in [4.69, 9.17) is 8.94 Å². The van der Waals surface area contributed by atoms with Crippen LogP contribution in [0, 0.1) is 12.8 Å². The Morgan fingerprint density at radius 2 is 2.19 bits per heavy atom. The maximum atomic E-state index is 12.7. The van der Waals surface area contributed by atoms with Crippen LogP contribution < -0.4 is 0 Å². The van der Waals surface area contributed by atoms with Crippen molar-refractivity contribution < 1.29 is 22.2 Å². The predicted octanol–water partition coefficient (Wildman–Crippen LogP) is 0.646. The molecule has 2 fully saturated rings. The van der Waals surface area contributed by atoms with Crippen LogP contribution in [0.25, 0.3) is 0 Å². The molecule has 10 heteroatoms. The first-order valence-electron chi connectivity index (χ1n) is 8.47. The molecule has 4 rings (SSSR count). The van der Waals surface area contributed by atoms with Crippen LogP contribution in [0.3, 0.4) is 0 Å². The van der Waals surface area contributed by atoms with Crippen LogP contribution in [0.2, 0.25) is 0 Å². The van der Waals surface area contributed by atoms with Gasteiger partial charge in [-0.05, 0) is 26.0 Å². The van der Waals surface area contributed by atoms with E-state index in [2.05, 4.69) is 10.1 Å². The number of nitrogens with zero attached hydrogens (tertiary/aromatic N) is 4. The van der Waals surface area contributed by atoms with E-state index in [9.17, 15) is 13.2 Å². The van der Waals surface area contributed by atoms with Crippen LogP contribution in [0.15, 0.2) is 27.3 Å². The second kappa shape index (κ2) is 5.92. The first-order valence-corrected chi connectivity index (χ1v) is 10.1. The van der Waals surface area contributed by atoms with Gasteiger partial charge in [0, 0.05) is 32.1 Å². The molecule has 2 aromatic rings. The van der Waals surface area contributed by atoms with Gasteiger partial charge in [0.15, 0.2) is 11.6 Å². The molecule has 26 heavy (non-hydrogen) atoms. The highest BCUT2D eigenvalue weighted by Crippen LogP contribution is 2.45. The van der Waals surface area contributed by atoms with E-state index in [0.29, 0.717) is 31.3 Å². The lowest BCUT2D eigenvalue weighted by Crippen LogP contribution is -2.41. The third-order valence-electron chi connectivity index (χ3n) is 5.31. The summed E-state index contributed by atoms with van der Waals surface area (Å²) < 4.78 is 36.9. The smallest absolute Gasteiger partial charge is 0.289 e. The summed E-state index contributed by atoms with van der Waals surface area (Å²) in [6, 6.07) is 3.28. The Hall–Kier alpha value is -2.20. The number of fused-ring (bicyclic) bond motifs is 1. The van der Waals surface area contributed by atoms with Crippen LogP contribution in [0.5, 0.6) is 0 Å². The molecule has 2 atom stereocenters. The van der Waals surface area contributed by atoms with Gasteiger partial charge in [0.2, 0.25) is 15.9 Å². The van der Waals surface area contributed by atoms with Crippen molar-refractivity contribution in [2.24, 2.45) is 5.92 Å². The fourth-order valence-corrected chi connectivity index (χ4v) is 5.13. The summed E-state index contributed by atoms with van der Waals surface area (Å²) in [5.41, 5.74) is -0.689. The maximum Gasteiger partial charge on any atom is 0.289 e. The molecule has 0 radical (unpaired) electrons. The third kappa shape index (κ3) is 2.55. The van der Waals surface area contributed by atoms with Crippen molar-refractivity contribution in [2.45, 2.75) is 19.3 Å². The lowest BCUT2D eigenvalue weighted by Gasteiger charge is -2.25. The van der Waals surface area contributed by atoms with Crippen molar-refractivity contribution in [2.75, 3.05) is 31.9 Å². The Morgan fingerprint density at radius 3 is 2.81 bits per heavy atom. The van der Waals surface area contributed by atoms with Crippen LogP contribution >= 0.6 is 0 Å². The minimum atomic E-state index is -3.34. The zero-order chi connectivity index (χ0) is 18.5. The fourth-order valence-electron chi connectivity index (χ4n) is 3.93. The number of likely N-dealkylation sites (tertiary alicyclic amines) is 1. The zero-order valence-corrected chi connectivity index (χ0v) is 15.4. The SMILES string of the molecule is CCS(=O)(=O)N1C[C@@H]2CN(C(=O)c3ccco3)C[C@]2(c2nc(C)no2)C1. The molecular weight excluding hydrogens is 360 g/mol. The van der Waals surface area contributed by atoms with E-state index in [1.165, 1.54) is 10.6 Å². The standard InChI is InChI=1S/C16H20N4O5S/c1-3-26(22,23)20-8-12-7-19(14(21)13-5-4-6-24-13)9-16(12,10-20)15-17-11(2)18-25-15/h4-6,12H,3,7-10H2,1-2H3/t12-,16-/m0/s1. The van der Waals surface area contributed by atoms with Gasteiger partial charge in [-0.15, -0.1) is 0 Å². The summed E-state index contributed by atoms with van der Waals surface area (Å²) in [7, 11) is -3.34. The van der Waals surface area contributed by atoms with Gasteiger partial charge >= 0.3 is 0 Å². The number of aromatic nitrogens is 2. The molecule has 0 N–H and O–H groups in total. The van der Waals surface area contributed by atoms with Gasteiger partial charge < -0.3 is 13.8 Å². The van der Waals surface area contributed by atoms with Gasteiger partial charge in [0.25, 0.3) is 5.91 Å². The van der Waals surface area contributed by atoms with Crippen LogP contribution in [-0.2, 0) is 15.4 Å². The largest absolute Gasteiger partial charge is 0.459 e. The predicted molar refractivity (Wildman–Crippen MR) is 89.8 cm³/mol. The minimum Gasteiger partial charge on any atom is -0.459 e. The minimum absolute atomic E-state index is 0.0354. The number of furan rings is 1. The van der Waals surface area contributed by atoms with Gasteiger partial charge in [-0.25, -0.2) is 12.7 Å². The average molecular weight is 380 g/mol. The molecule has 1 amide bonds. The molecule has 140 valence electrons. The number of hydrogen-bond acceptors (Lipinski definition) is 7. The van der Waals surface area contributed by atoms with Crippen LogP contribution in [-0.4, -0.2) is 65.6 Å². The van der Waals surface area contributed by atoms with Crippen molar-refractivity contribution in [1.82, 2.24) is 19.3 Å². The number of rotatable bonds is 4. The van der Waals surface area contributed by atoms with Gasteiger partial charge in [-0.3, -0.25) is 4.79 Å². The van der Waals surface area contributed by atoms with Gasteiger partial charge in [0.05, 0.1) is 17.4 Å². The quantitative estimate of drug-likeness (QED) is 0.766. The lowest BCUT2D eigenvalue weighted by atomic mass is 9.81. The van der Waals surface area contributed by atoms with Crippen molar-refractivity contribution in [3.05, 3.63) is 35.9 Å². The summed E-state index contributed by atoms with van der Waals surface area (Å²) in [5, 5.41) is 3.87. The Bertz CT molecular complexity index is 922. The Kier molecular flexibility index (Phi) is 3.92. The van der Waals surface area contributed by atoms with Crippen molar-refractivity contribution in [3.63, 3.8) is 0 Å². The molecule has 0 bridgehead atoms. The summed E-state index contributed by atoms with van der Waals surface area (Å²) in [4.78, 5) is 18.7. The molecule has 0 aliphatic carbocycles. The highest BCUT2D eigenvalue weighted by molar-refractivity contribution is 7.89. The monoisotopic (exact) mass is 380 g/mol. The lowest BCUT2D eigenvalue weighted by molar-refractivity contribution is 0.0741. The Balaban J connectivity index is 1.68. The molecule has 2 aliphatic heterocycles. The number of sulfonamides is 1. The first kappa shape index (κ1) is 17.2. The molecule has 0 aromatic carbocycles. The molecule has 9 nitrogen and oxygen atoms in total. The summed E-state index contributed by atoms with van der Waals surface area (Å²) >= 11 is 0. The molecule has 0 unspecified atom stereocenters. The van der Waals surface area contributed by atoms with Gasteiger partial charge in [0.1, 0.15) is 0 Å². The van der Waals surface area contributed by atoms with E-state index in [1.807, 2.05) is 0 Å². The number of hydrogen-bond donors (Lipinski definition) is 0. The second-order valence-corrected chi connectivity index (χ2v) is 9.11. The summed E-state index contributed by atoms with van der Waals surface area (Å²) in [6.45, 7) is 4.64. The summed E-state index contributed by atoms with van der Waals surface area (Å²) in [5.74, 6) is 0.852. The number of aryl methyl sites for hydroxylation is 1. The molecule has 2 aliphatic rings. The topological polar surface area (TPSA) is 110 Å². The number of carbonyl (C=O) groups is 1. The number of carbonyl (C=O) groups excluding carboxylic acids is 1. The number of amides is 1. The zero-order valence-electron chi connectivity index (χ0n) is 14.6. The van der Waals surface area contributed by atoms with E-state index < -0.39 is 15.4 Å². The highest BCUT2D eigenvalue weighted by Gasteiger charge is 2.59. The van der Waals surface area contributed by atoms with Gasteiger partial charge in [-0.1, -0.05) is 5.16 Å².